The van der Waals surface area contributed by atoms with Crippen LogP contribution in [0.15, 0.2) is 219 Å². The van der Waals surface area contributed by atoms with Crippen LogP contribution in [0.5, 0.6) is 0 Å². The van der Waals surface area contributed by atoms with E-state index in [9.17, 15) is 43.2 Å². The fourth-order valence-corrected chi connectivity index (χ4v) is 10.4. The van der Waals surface area contributed by atoms with Gasteiger partial charge in [0.2, 0.25) is 0 Å². The van der Waals surface area contributed by atoms with Gasteiger partial charge in [0.1, 0.15) is 19.3 Å². The Balaban J connectivity index is 5.60. The van der Waals surface area contributed by atoms with Crippen molar-refractivity contribution >= 4 is 39.5 Å². The number of carbonyl (C=O) groups excluding carboxylic acids is 4. The Morgan fingerprint density at radius 2 is 0.567 bits per heavy atom. The van der Waals surface area contributed by atoms with Gasteiger partial charge in [-0.1, -0.05) is 279 Å². The van der Waals surface area contributed by atoms with Crippen molar-refractivity contribution < 1.29 is 80.2 Å². The summed E-state index contributed by atoms with van der Waals surface area (Å²) in [6.07, 6.45) is 94.4. The summed E-state index contributed by atoms with van der Waals surface area (Å²) in [5, 5.41) is 10.6. The minimum Gasteiger partial charge on any atom is -0.462 e. The number of allylic oxidation sites excluding steroid dienone is 34. The Bertz CT molecular complexity index is 2840. The molecule has 19 heteroatoms. The maximum atomic E-state index is 13.1. The highest BCUT2D eigenvalue weighted by Gasteiger charge is 2.30. The third-order valence-electron chi connectivity index (χ3n) is 14.5. The van der Waals surface area contributed by atoms with Crippen LogP contribution in [0, 0.1) is 0 Å². The van der Waals surface area contributed by atoms with E-state index in [1.807, 2.05) is 48.6 Å². The molecule has 17 nitrogen and oxygen atoms in total. The first-order valence-corrected chi connectivity index (χ1v) is 41.0. The largest absolute Gasteiger partial charge is 0.472 e. The molecule has 582 valence electrons. The van der Waals surface area contributed by atoms with E-state index >= 15 is 0 Å². The molecule has 0 bridgehead atoms. The van der Waals surface area contributed by atoms with Gasteiger partial charge >= 0.3 is 39.5 Å². The van der Waals surface area contributed by atoms with Crippen molar-refractivity contribution in [2.75, 3.05) is 39.6 Å². The van der Waals surface area contributed by atoms with Crippen molar-refractivity contribution in [3.05, 3.63) is 219 Å². The van der Waals surface area contributed by atoms with Gasteiger partial charge < -0.3 is 33.8 Å². The Labute approximate surface area is 626 Å². The van der Waals surface area contributed by atoms with Crippen molar-refractivity contribution in [2.24, 2.45) is 0 Å². The minimum absolute atomic E-state index is 0.00469. The summed E-state index contributed by atoms with van der Waals surface area (Å²) >= 11 is 0. The molecule has 0 radical (unpaired) electrons. The smallest absolute Gasteiger partial charge is 0.462 e. The standard InChI is InChI=1S/C85H130O17P2/c1-5-9-13-17-21-25-29-33-37-38-39-40-44-46-50-54-58-62-66-70-83(88)96-76-81(102-85(90)72-68-64-60-56-52-48-43-36-32-28-24-20-16-12-8-4)78-100-104(93,94)98-74-79(86)73-97-103(91,92)99-77-80(101-84(89)71-67-63-59-55-51-47-42-35-31-27-23-19-15-11-7-3)75-95-82(87)69-65-61-57-53-49-45-41-34-30-26-22-18-14-10-6-2/h9-10,12-14,16,21-28,33-37,39-43,46,49-50,52-53,56,58,61-62,64-65,68,79-81,86H,5-8,11,15,17-20,29-32,38,44-45,47-48,51,54-55,57,59-60,63,66-67,69-78H2,1-4H3,(H,91,92)(H,93,94)/b13-9-,14-10-,16-12-,25-21-,26-22-,27-23-,28-24-,37-33-,40-39-,41-34-,42-35-,43-36-,50-46-,53-49-,56-52-,62-58-,65-61-,68-64-. The Hall–Kier alpha value is -6.62. The summed E-state index contributed by atoms with van der Waals surface area (Å²) in [4.78, 5) is 72.7. The molecule has 0 saturated heterocycles. The fraction of sp³-hybridized carbons (Fsp3) is 0.529. The highest BCUT2D eigenvalue weighted by Crippen LogP contribution is 2.45. The Morgan fingerprint density at radius 1 is 0.288 bits per heavy atom. The van der Waals surface area contributed by atoms with Crippen LogP contribution in [-0.2, 0) is 65.4 Å². The number of ether oxygens (including phenoxy) is 4. The number of carbonyl (C=O) groups is 4. The number of unbranched alkanes of at least 4 members (excludes halogenated alkanes) is 8. The average molecular weight is 1490 g/mol. The van der Waals surface area contributed by atoms with Crippen LogP contribution in [-0.4, -0.2) is 96.7 Å². The van der Waals surface area contributed by atoms with Gasteiger partial charge in [-0.2, -0.15) is 0 Å². The van der Waals surface area contributed by atoms with Gasteiger partial charge in [0.15, 0.2) is 12.2 Å². The van der Waals surface area contributed by atoms with E-state index in [0.717, 1.165) is 128 Å². The molecule has 0 fully saturated rings. The number of aliphatic hydroxyl groups excluding tert-OH is 1. The Kier molecular flexibility index (Phi) is 69.9. The summed E-state index contributed by atoms with van der Waals surface area (Å²) < 4.78 is 68.1. The topological polar surface area (TPSA) is 237 Å². The van der Waals surface area contributed by atoms with Crippen LogP contribution in [0.4, 0.5) is 0 Å². The predicted octanol–water partition coefficient (Wildman–Crippen LogP) is 22.1. The highest BCUT2D eigenvalue weighted by molar-refractivity contribution is 7.47. The second-order valence-corrected chi connectivity index (χ2v) is 27.0. The van der Waals surface area contributed by atoms with E-state index in [-0.39, 0.29) is 25.7 Å². The van der Waals surface area contributed by atoms with Crippen molar-refractivity contribution in [2.45, 2.75) is 251 Å². The van der Waals surface area contributed by atoms with E-state index in [0.29, 0.717) is 32.1 Å². The molecule has 0 spiro atoms. The molecule has 0 rings (SSSR count). The summed E-state index contributed by atoms with van der Waals surface area (Å²) in [7, 11) is -10.1. The number of phosphoric ester groups is 2. The highest BCUT2D eigenvalue weighted by atomic mass is 31.2. The molecule has 0 aromatic heterocycles. The van der Waals surface area contributed by atoms with Gasteiger partial charge in [-0.25, -0.2) is 9.13 Å². The third kappa shape index (κ3) is 73.7. The zero-order chi connectivity index (χ0) is 76.0. The molecule has 3 N–H and O–H groups in total. The first kappa shape index (κ1) is 97.4. The second kappa shape index (κ2) is 74.6. The van der Waals surface area contributed by atoms with Crippen molar-refractivity contribution in [1.29, 1.82) is 0 Å². The predicted molar refractivity (Wildman–Crippen MR) is 426 cm³/mol. The monoisotopic (exact) mass is 1480 g/mol. The van der Waals surface area contributed by atoms with Gasteiger partial charge in [0.05, 0.1) is 39.3 Å². The number of aliphatic hydroxyl groups is 1. The van der Waals surface area contributed by atoms with Gasteiger partial charge in [-0.15, -0.1) is 0 Å². The second-order valence-electron chi connectivity index (χ2n) is 24.1. The summed E-state index contributed by atoms with van der Waals surface area (Å²) in [6, 6.07) is 0. The first-order valence-electron chi connectivity index (χ1n) is 38.0. The molecule has 104 heavy (non-hydrogen) atoms. The van der Waals surface area contributed by atoms with E-state index in [1.54, 1.807) is 18.2 Å². The number of hydrogen-bond acceptors (Lipinski definition) is 15. The summed E-state index contributed by atoms with van der Waals surface area (Å²) in [5.74, 6) is -2.62. The van der Waals surface area contributed by atoms with Gasteiger partial charge in [0, 0.05) is 12.8 Å². The lowest BCUT2D eigenvalue weighted by Gasteiger charge is -2.21. The lowest BCUT2D eigenvalue weighted by molar-refractivity contribution is -0.160. The first-order chi connectivity index (χ1) is 50.7. The molecular weight excluding hydrogens is 1350 g/mol. The van der Waals surface area contributed by atoms with Gasteiger partial charge in [-0.3, -0.25) is 37.3 Å². The zero-order valence-corrected chi connectivity index (χ0v) is 65.1. The van der Waals surface area contributed by atoms with Crippen molar-refractivity contribution in [3.8, 4) is 0 Å². The fourth-order valence-electron chi connectivity index (χ4n) is 8.83. The molecule has 0 saturated carbocycles. The minimum atomic E-state index is -5.04. The number of esters is 4. The van der Waals surface area contributed by atoms with Crippen LogP contribution >= 0.6 is 15.6 Å². The van der Waals surface area contributed by atoms with E-state index in [1.165, 1.54) is 19.3 Å². The molecular formula is C85H130O17P2. The third-order valence-corrected chi connectivity index (χ3v) is 16.4. The molecule has 0 amide bonds. The molecule has 5 unspecified atom stereocenters. The van der Waals surface area contributed by atoms with Crippen LogP contribution in [0.1, 0.15) is 233 Å². The van der Waals surface area contributed by atoms with Gasteiger partial charge in [0.25, 0.3) is 0 Å². The zero-order valence-electron chi connectivity index (χ0n) is 63.3. The lowest BCUT2D eigenvalue weighted by atomic mass is 10.1. The normalized spacial score (nSPS) is 15.1. The van der Waals surface area contributed by atoms with Gasteiger partial charge in [-0.05, 0) is 148 Å². The van der Waals surface area contributed by atoms with E-state index < -0.39 is 97.5 Å². The molecule has 0 aliphatic heterocycles. The quantitative estimate of drug-likeness (QED) is 0.0169. The molecule has 0 aliphatic carbocycles. The molecule has 0 aromatic rings. The maximum Gasteiger partial charge on any atom is 0.472 e. The van der Waals surface area contributed by atoms with E-state index in [2.05, 4.69) is 180 Å². The molecule has 0 aliphatic rings. The lowest BCUT2D eigenvalue weighted by Crippen LogP contribution is -2.30. The van der Waals surface area contributed by atoms with Crippen molar-refractivity contribution in [3.63, 3.8) is 0 Å². The summed E-state index contributed by atoms with van der Waals surface area (Å²) in [6.45, 7) is 4.11. The number of hydrogen-bond donors (Lipinski definition) is 3. The van der Waals surface area contributed by atoms with Crippen LogP contribution in [0.3, 0.4) is 0 Å². The average Bonchev–Trinajstić information content (AvgIpc) is 0.918. The maximum absolute atomic E-state index is 13.1. The SMILES string of the molecule is CC/C=C\C/C=C\C/C=C\C/C=C\C/C=C\C/C=C\CCC(=O)OCC(COP(=O)(O)OCC(O)COP(=O)(O)OCC(COC(=O)C/C=C\C/C=C\C/C=C\C/C=C\C/C=C\CC)OC(=O)CCCCCCC/C=C\C/C=C\CCCCC)OC(=O)C/C=C\C/C=C\C/C=C\C/C=C\C/C=C\CC. The van der Waals surface area contributed by atoms with E-state index in [4.69, 9.17) is 37.0 Å². The summed E-state index contributed by atoms with van der Waals surface area (Å²) in [5.41, 5.74) is 0. The molecule has 0 aromatic carbocycles. The van der Waals surface area contributed by atoms with Crippen molar-refractivity contribution in [1.82, 2.24) is 0 Å². The number of rotatable bonds is 68. The molecule has 0 heterocycles. The Morgan fingerprint density at radius 3 is 0.933 bits per heavy atom. The van der Waals surface area contributed by atoms with Crippen LogP contribution in [0.25, 0.3) is 0 Å². The number of phosphoric acid groups is 2. The molecule has 5 atom stereocenters. The van der Waals surface area contributed by atoms with Crippen LogP contribution < -0.4 is 0 Å². The van der Waals surface area contributed by atoms with Crippen LogP contribution in [0.2, 0.25) is 0 Å².